The Hall–Kier alpha value is -1.16. The summed E-state index contributed by atoms with van der Waals surface area (Å²) in [6, 6.07) is 2.19. The van der Waals surface area contributed by atoms with Crippen molar-refractivity contribution in [2.45, 2.75) is 25.8 Å². The van der Waals surface area contributed by atoms with Crippen LogP contribution >= 0.6 is 0 Å². The van der Waals surface area contributed by atoms with Gasteiger partial charge in [-0.25, -0.2) is 4.98 Å². The summed E-state index contributed by atoms with van der Waals surface area (Å²) in [6.45, 7) is 2.14. The van der Waals surface area contributed by atoms with Crippen molar-refractivity contribution in [1.82, 2.24) is 15.3 Å². The molecular formula is C10H17N3O. The normalized spacial score (nSPS) is 12.5. The van der Waals surface area contributed by atoms with Gasteiger partial charge in [0.05, 0.1) is 7.11 Å². The van der Waals surface area contributed by atoms with Crippen molar-refractivity contribution in [3.63, 3.8) is 0 Å². The van der Waals surface area contributed by atoms with Gasteiger partial charge in [-0.15, -0.1) is 0 Å². The molecule has 0 radical (unpaired) electrons. The summed E-state index contributed by atoms with van der Waals surface area (Å²) in [5.74, 6) is 1.45. The highest BCUT2D eigenvalue weighted by Gasteiger charge is 2.07. The van der Waals surface area contributed by atoms with Crippen molar-refractivity contribution in [2.75, 3.05) is 14.2 Å². The molecule has 0 spiro atoms. The second kappa shape index (κ2) is 5.54. The van der Waals surface area contributed by atoms with Gasteiger partial charge in [0.25, 0.3) is 0 Å². The van der Waals surface area contributed by atoms with Gasteiger partial charge in [-0.3, -0.25) is 0 Å². The zero-order chi connectivity index (χ0) is 10.4. The van der Waals surface area contributed by atoms with Crippen LogP contribution in [0.5, 0.6) is 5.88 Å². The van der Waals surface area contributed by atoms with E-state index >= 15 is 0 Å². The number of hydrogen-bond acceptors (Lipinski definition) is 4. The lowest BCUT2D eigenvalue weighted by Crippen LogP contribution is -2.27. The standard InChI is InChI=1S/C10H17N3O/c1-4-8(11-2)7-9-12-6-5-10(13-9)14-3/h5-6,8,11H,4,7H2,1-3H3. The van der Waals surface area contributed by atoms with Crippen LogP contribution in [0.2, 0.25) is 0 Å². The lowest BCUT2D eigenvalue weighted by Gasteiger charge is -2.12. The molecule has 1 heterocycles. The molecule has 14 heavy (non-hydrogen) atoms. The summed E-state index contributed by atoms with van der Waals surface area (Å²) in [5.41, 5.74) is 0. The van der Waals surface area contributed by atoms with Crippen LogP contribution in [-0.2, 0) is 6.42 Å². The fourth-order valence-corrected chi connectivity index (χ4v) is 1.26. The van der Waals surface area contributed by atoms with E-state index in [-0.39, 0.29) is 0 Å². The molecule has 1 aromatic rings. The highest BCUT2D eigenvalue weighted by atomic mass is 16.5. The summed E-state index contributed by atoms with van der Waals surface area (Å²) in [5, 5.41) is 3.22. The smallest absolute Gasteiger partial charge is 0.216 e. The molecule has 0 fully saturated rings. The van der Waals surface area contributed by atoms with E-state index in [2.05, 4.69) is 22.2 Å². The Balaban J connectivity index is 2.65. The largest absolute Gasteiger partial charge is 0.481 e. The van der Waals surface area contributed by atoms with Crippen molar-refractivity contribution in [3.8, 4) is 5.88 Å². The Morgan fingerprint density at radius 1 is 1.57 bits per heavy atom. The first-order valence-electron chi connectivity index (χ1n) is 4.83. The monoisotopic (exact) mass is 195 g/mol. The van der Waals surface area contributed by atoms with Crippen LogP contribution in [0.4, 0.5) is 0 Å². The molecule has 4 nitrogen and oxygen atoms in total. The molecule has 0 aliphatic rings. The molecule has 0 aromatic carbocycles. The van der Waals surface area contributed by atoms with Gasteiger partial charge in [-0.1, -0.05) is 6.92 Å². The summed E-state index contributed by atoms with van der Waals surface area (Å²) < 4.78 is 5.03. The van der Waals surface area contributed by atoms with E-state index in [9.17, 15) is 0 Å². The summed E-state index contributed by atoms with van der Waals surface area (Å²) in [4.78, 5) is 8.45. The number of nitrogens with zero attached hydrogens (tertiary/aromatic N) is 2. The molecule has 4 heteroatoms. The maximum atomic E-state index is 5.03. The highest BCUT2D eigenvalue weighted by Crippen LogP contribution is 2.06. The number of nitrogens with one attached hydrogen (secondary N) is 1. The van der Waals surface area contributed by atoms with Crippen LogP contribution in [-0.4, -0.2) is 30.2 Å². The van der Waals surface area contributed by atoms with Gasteiger partial charge in [0, 0.05) is 24.7 Å². The quantitative estimate of drug-likeness (QED) is 0.762. The SMILES string of the molecule is CCC(Cc1nccc(OC)n1)NC. The van der Waals surface area contributed by atoms with E-state index in [1.165, 1.54) is 0 Å². The van der Waals surface area contributed by atoms with Gasteiger partial charge in [0.2, 0.25) is 5.88 Å². The Kier molecular flexibility index (Phi) is 4.32. The maximum Gasteiger partial charge on any atom is 0.216 e. The van der Waals surface area contributed by atoms with E-state index in [1.54, 1.807) is 19.4 Å². The zero-order valence-corrected chi connectivity index (χ0v) is 8.95. The molecule has 1 N–H and O–H groups in total. The third-order valence-electron chi connectivity index (χ3n) is 2.22. The molecule has 1 atom stereocenters. The van der Waals surface area contributed by atoms with Crippen LogP contribution in [0, 0.1) is 0 Å². The predicted molar refractivity (Wildman–Crippen MR) is 55.4 cm³/mol. The van der Waals surface area contributed by atoms with E-state index in [0.29, 0.717) is 11.9 Å². The van der Waals surface area contributed by atoms with Crippen LogP contribution < -0.4 is 10.1 Å². The predicted octanol–water partition coefficient (Wildman–Crippen LogP) is 1.03. The minimum Gasteiger partial charge on any atom is -0.481 e. The van der Waals surface area contributed by atoms with Crippen molar-refractivity contribution in [1.29, 1.82) is 0 Å². The maximum absolute atomic E-state index is 5.03. The second-order valence-electron chi connectivity index (χ2n) is 3.11. The molecule has 0 amide bonds. The van der Waals surface area contributed by atoms with Crippen LogP contribution in [0.15, 0.2) is 12.3 Å². The molecule has 0 saturated heterocycles. The molecule has 0 bridgehead atoms. The van der Waals surface area contributed by atoms with E-state index in [4.69, 9.17) is 4.74 Å². The third-order valence-corrected chi connectivity index (χ3v) is 2.22. The average Bonchev–Trinajstić information content (AvgIpc) is 2.26. The van der Waals surface area contributed by atoms with Crippen molar-refractivity contribution in [2.24, 2.45) is 0 Å². The minimum absolute atomic E-state index is 0.433. The zero-order valence-electron chi connectivity index (χ0n) is 8.95. The van der Waals surface area contributed by atoms with Gasteiger partial charge in [0.1, 0.15) is 5.82 Å². The van der Waals surface area contributed by atoms with Gasteiger partial charge in [0.15, 0.2) is 0 Å². The van der Waals surface area contributed by atoms with Crippen LogP contribution in [0.1, 0.15) is 19.2 Å². The molecule has 78 valence electrons. The molecule has 1 rings (SSSR count). The first-order chi connectivity index (χ1) is 6.80. The first-order valence-corrected chi connectivity index (χ1v) is 4.83. The van der Waals surface area contributed by atoms with E-state index < -0.39 is 0 Å². The van der Waals surface area contributed by atoms with Crippen molar-refractivity contribution >= 4 is 0 Å². The molecule has 1 unspecified atom stereocenters. The summed E-state index contributed by atoms with van der Waals surface area (Å²) in [6.07, 6.45) is 3.63. The van der Waals surface area contributed by atoms with E-state index in [1.807, 2.05) is 7.05 Å². The van der Waals surface area contributed by atoms with Crippen LogP contribution in [0.25, 0.3) is 0 Å². The molecule has 0 saturated carbocycles. The highest BCUT2D eigenvalue weighted by molar-refractivity contribution is 5.08. The third kappa shape index (κ3) is 2.96. The summed E-state index contributed by atoms with van der Waals surface area (Å²) in [7, 11) is 3.57. The number of rotatable bonds is 5. The van der Waals surface area contributed by atoms with Gasteiger partial charge in [-0.2, -0.15) is 4.98 Å². The van der Waals surface area contributed by atoms with Crippen molar-refractivity contribution < 1.29 is 4.74 Å². The van der Waals surface area contributed by atoms with Crippen molar-refractivity contribution in [3.05, 3.63) is 18.1 Å². The number of likely N-dealkylation sites (N-methyl/N-ethyl adjacent to an activating group) is 1. The molecule has 1 aromatic heterocycles. The number of hydrogen-bond donors (Lipinski definition) is 1. The number of aromatic nitrogens is 2. The Labute approximate surface area is 84.7 Å². The second-order valence-corrected chi connectivity index (χ2v) is 3.11. The summed E-state index contributed by atoms with van der Waals surface area (Å²) >= 11 is 0. The Morgan fingerprint density at radius 2 is 2.36 bits per heavy atom. The lowest BCUT2D eigenvalue weighted by molar-refractivity contribution is 0.393. The number of ether oxygens (including phenoxy) is 1. The number of methoxy groups -OCH3 is 1. The molecule has 0 aliphatic heterocycles. The van der Waals surface area contributed by atoms with Gasteiger partial charge in [-0.05, 0) is 13.5 Å². The Bertz CT molecular complexity index is 274. The lowest BCUT2D eigenvalue weighted by atomic mass is 10.1. The fraction of sp³-hybridized carbons (Fsp3) is 0.600. The first kappa shape index (κ1) is 10.9. The van der Waals surface area contributed by atoms with Gasteiger partial charge >= 0.3 is 0 Å². The topological polar surface area (TPSA) is 47.0 Å². The van der Waals surface area contributed by atoms with Crippen LogP contribution in [0.3, 0.4) is 0 Å². The van der Waals surface area contributed by atoms with Gasteiger partial charge < -0.3 is 10.1 Å². The molecular weight excluding hydrogens is 178 g/mol. The molecule has 0 aliphatic carbocycles. The fourth-order valence-electron chi connectivity index (χ4n) is 1.26. The Morgan fingerprint density at radius 3 is 2.93 bits per heavy atom. The van der Waals surface area contributed by atoms with E-state index in [0.717, 1.165) is 18.7 Å². The minimum atomic E-state index is 0.433. The average molecular weight is 195 g/mol.